The molecular formula is C35H39N2O9-. The first-order chi connectivity index (χ1) is 22.0. The molecule has 2 amide bonds. The maximum atomic E-state index is 12.4. The normalized spacial score (nSPS) is 18.0. The number of carboxylic acids is 1. The highest BCUT2D eigenvalue weighted by molar-refractivity contribution is 6.07. The molecule has 3 aliphatic rings. The monoisotopic (exact) mass is 631 g/mol. The molecule has 2 heterocycles. The smallest absolute Gasteiger partial charge is 0.336 e. The summed E-state index contributed by atoms with van der Waals surface area (Å²) in [6, 6.07) is 14.8. The van der Waals surface area contributed by atoms with Crippen LogP contribution in [0.25, 0.3) is 33.4 Å². The maximum Gasteiger partial charge on any atom is 0.336 e. The second-order valence-electron chi connectivity index (χ2n) is 11.3. The Morgan fingerprint density at radius 3 is 2.54 bits per heavy atom. The summed E-state index contributed by atoms with van der Waals surface area (Å²) in [4.78, 5) is 47.0. The van der Waals surface area contributed by atoms with E-state index in [0.29, 0.717) is 46.4 Å². The third kappa shape index (κ3) is 8.29. The summed E-state index contributed by atoms with van der Waals surface area (Å²) in [6.45, 7) is 5.93. The Kier molecular flexibility index (Phi) is 11.5. The number of ether oxygens (including phenoxy) is 2. The van der Waals surface area contributed by atoms with Crippen LogP contribution in [0.3, 0.4) is 0 Å². The zero-order valence-electron chi connectivity index (χ0n) is 26.3. The number of fused-ring (bicyclic) bond motifs is 2. The van der Waals surface area contributed by atoms with E-state index in [9.17, 15) is 29.4 Å². The van der Waals surface area contributed by atoms with E-state index in [2.05, 4.69) is 17.6 Å². The number of hydrogen-bond donors (Lipinski definition) is 3. The van der Waals surface area contributed by atoms with Gasteiger partial charge >= 0.3 is 5.97 Å². The van der Waals surface area contributed by atoms with Crippen molar-refractivity contribution in [2.45, 2.75) is 70.7 Å². The Morgan fingerprint density at radius 2 is 1.85 bits per heavy atom. The van der Waals surface area contributed by atoms with Crippen LogP contribution in [0.15, 0.2) is 69.9 Å². The minimum atomic E-state index is -1.06. The molecule has 0 spiro atoms. The van der Waals surface area contributed by atoms with Crippen LogP contribution in [-0.4, -0.2) is 60.9 Å². The lowest BCUT2D eigenvalue weighted by molar-refractivity contribution is -0.268. The Balaban J connectivity index is 0.000000213. The number of methoxy groups -OCH3 is 1. The van der Waals surface area contributed by atoms with Gasteiger partial charge in [0.2, 0.25) is 11.8 Å². The van der Waals surface area contributed by atoms with Crippen LogP contribution in [0, 0.1) is 0 Å². The van der Waals surface area contributed by atoms with Gasteiger partial charge in [-0.1, -0.05) is 50.1 Å². The molecular weight excluding hydrogens is 592 g/mol. The molecule has 4 atom stereocenters. The summed E-state index contributed by atoms with van der Waals surface area (Å²) in [5.41, 5.74) is 1.94. The van der Waals surface area contributed by atoms with Crippen LogP contribution in [0.5, 0.6) is 5.75 Å². The first-order valence-electron chi connectivity index (χ1n) is 15.2. The number of hydrogen-bond acceptors (Lipinski definition) is 8. The van der Waals surface area contributed by atoms with E-state index in [1.807, 2.05) is 6.92 Å². The molecule has 11 nitrogen and oxygen atoms in total. The quantitative estimate of drug-likeness (QED) is 0.216. The van der Waals surface area contributed by atoms with E-state index < -0.39 is 12.0 Å². The SMILES string of the molecule is CCCCC(NC(C)=O)C(=O)N[C@H]1C[C@H](C)O[C@@H]1COC.O=C(O)c1ccccc1-c1c2ccc(=O)cc-2oc2cc([O-])ccc12. The van der Waals surface area contributed by atoms with Crippen LogP contribution in [0.2, 0.25) is 0 Å². The number of benzene rings is 3. The zero-order valence-corrected chi connectivity index (χ0v) is 26.3. The summed E-state index contributed by atoms with van der Waals surface area (Å²) in [6.07, 6.45) is 3.28. The van der Waals surface area contributed by atoms with E-state index in [-0.39, 0.29) is 46.8 Å². The fraction of sp³-hybridized carbons (Fsp3) is 0.371. The molecule has 0 aromatic heterocycles. The molecule has 0 radical (unpaired) electrons. The molecule has 2 aromatic rings. The first kappa shape index (κ1) is 34.1. The molecule has 0 saturated carbocycles. The lowest BCUT2D eigenvalue weighted by Crippen LogP contribution is -2.51. The summed E-state index contributed by atoms with van der Waals surface area (Å²) < 4.78 is 16.6. The van der Waals surface area contributed by atoms with Crippen molar-refractivity contribution in [2.75, 3.05) is 13.7 Å². The van der Waals surface area contributed by atoms with Crippen LogP contribution in [-0.2, 0) is 19.1 Å². The van der Waals surface area contributed by atoms with Crippen molar-refractivity contribution in [1.82, 2.24) is 10.6 Å². The number of aromatic carboxylic acids is 1. The van der Waals surface area contributed by atoms with Gasteiger partial charge in [-0.25, -0.2) is 4.79 Å². The average Bonchev–Trinajstić information content (AvgIpc) is 3.36. The fourth-order valence-electron chi connectivity index (χ4n) is 5.66. The van der Waals surface area contributed by atoms with E-state index in [0.717, 1.165) is 19.3 Å². The molecule has 1 fully saturated rings. The molecule has 0 bridgehead atoms. The second-order valence-corrected chi connectivity index (χ2v) is 11.3. The van der Waals surface area contributed by atoms with Crippen molar-refractivity contribution >= 4 is 28.8 Å². The minimum Gasteiger partial charge on any atom is -0.872 e. The minimum absolute atomic E-state index is 0.0645. The van der Waals surface area contributed by atoms with E-state index in [4.69, 9.17) is 13.9 Å². The van der Waals surface area contributed by atoms with Gasteiger partial charge in [0.05, 0.1) is 24.3 Å². The number of carbonyl (C=O) groups is 3. The van der Waals surface area contributed by atoms with Gasteiger partial charge in [-0.05, 0) is 49.6 Å². The Morgan fingerprint density at radius 1 is 1.09 bits per heavy atom. The Hall–Kier alpha value is -4.74. The molecule has 1 aliphatic carbocycles. The van der Waals surface area contributed by atoms with E-state index >= 15 is 0 Å². The molecule has 244 valence electrons. The standard InChI is InChI=1S/C20H12O5.C15H28N2O4/c21-11-5-7-15-17(9-11)25-18-10-12(22)6-8-16(18)19(15)13-3-1-2-4-14(13)20(23)24;1-5-6-7-12(16-11(3)18)15(19)17-13-8-10(2)21-14(13)9-20-4/h1-10,21H,(H,23,24);10,12-14H,5-9H2,1-4H3,(H,16,18)(H,17,19)/p-1/t;10-,12?,13-,14+/m.0/s1. The summed E-state index contributed by atoms with van der Waals surface area (Å²) in [5, 5.41) is 27.6. The van der Waals surface area contributed by atoms with Crippen molar-refractivity contribution in [3.8, 4) is 28.2 Å². The summed E-state index contributed by atoms with van der Waals surface area (Å²) in [5.74, 6) is -1.30. The molecule has 2 aliphatic heterocycles. The molecule has 2 aromatic carbocycles. The second kappa shape index (κ2) is 15.5. The number of carbonyl (C=O) groups excluding carboxylic acids is 2. The van der Waals surface area contributed by atoms with Crippen LogP contribution in [0.1, 0.15) is 56.8 Å². The average molecular weight is 632 g/mol. The van der Waals surface area contributed by atoms with Crippen LogP contribution in [0.4, 0.5) is 0 Å². The van der Waals surface area contributed by atoms with Gasteiger partial charge in [-0.3, -0.25) is 14.4 Å². The van der Waals surface area contributed by atoms with E-state index in [1.165, 1.54) is 37.3 Å². The highest BCUT2D eigenvalue weighted by Crippen LogP contribution is 2.41. The largest absolute Gasteiger partial charge is 0.872 e. The highest BCUT2D eigenvalue weighted by atomic mass is 16.5. The van der Waals surface area contributed by atoms with Gasteiger partial charge in [0.25, 0.3) is 0 Å². The third-order valence-electron chi connectivity index (χ3n) is 7.73. The molecule has 46 heavy (non-hydrogen) atoms. The van der Waals surface area contributed by atoms with Crippen molar-refractivity contribution in [1.29, 1.82) is 0 Å². The Labute approximate surface area is 266 Å². The van der Waals surface area contributed by atoms with E-state index in [1.54, 1.807) is 37.4 Å². The summed E-state index contributed by atoms with van der Waals surface area (Å²) >= 11 is 0. The topological polar surface area (TPSA) is 167 Å². The molecule has 5 rings (SSSR count). The number of carboxylic acid groups (broad SMARTS) is 1. The summed E-state index contributed by atoms with van der Waals surface area (Å²) in [7, 11) is 1.62. The van der Waals surface area contributed by atoms with Gasteiger partial charge in [0, 0.05) is 36.6 Å². The van der Waals surface area contributed by atoms with Crippen molar-refractivity contribution in [3.05, 3.63) is 76.5 Å². The fourth-order valence-corrected chi connectivity index (χ4v) is 5.66. The van der Waals surface area contributed by atoms with Crippen molar-refractivity contribution < 1.29 is 38.5 Å². The predicted molar refractivity (Wildman–Crippen MR) is 171 cm³/mol. The predicted octanol–water partition coefficient (Wildman–Crippen LogP) is 4.33. The van der Waals surface area contributed by atoms with Gasteiger partial charge in [-0.15, -0.1) is 5.75 Å². The highest BCUT2D eigenvalue weighted by Gasteiger charge is 2.35. The van der Waals surface area contributed by atoms with Crippen molar-refractivity contribution in [2.24, 2.45) is 0 Å². The third-order valence-corrected chi connectivity index (χ3v) is 7.73. The Bertz CT molecular complexity index is 1720. The van der Waals surface area contributed by atoms with Gasteiger partial charge in [-0.2, -0.15) is 0 Å². The number of nitrogens with one attached hydrogen (secondary N) is 2. The first-order valence-corrected chi connectivity index (χ1v) is 15.2. The lowest BCUT2D eigenvalue weighted by Gasteiger charge is -2.23. The number of rotatable bonds is 10. The number of unbranched alkanes of at least 4 members (excludes halogenated alkanes) is 1. The molecule has 1 saturated heterocycles. The maximum absolute atomic E-state index is 12.4. The molecule has 11 heteroatoms. The zero-order chi connectivity index (χ0) is 33.4. The molecule has 3 N–H and O–H groups in total. The van der Waals surface area contributed by atoms with Crippen LogP contribution < -0.4 is 21.2 Å². The van der Waals surface area contributed by atoms with Gasteiger partial charge in [0.15, 0.2) is 5.43 Å². The van der Waals surface area contributed by atoms with Crippen LogP contribution >= 0.6 is 0 Å². The lowest BCUT2D eigenvalue weighted by atomic mass is 9.91. The molecule has 1 unspecified atom stereocenters. The number of amides is 2. The van der Waals surface area contributed by atoms with Gasteiger partial charge in [0.1, 0.15) is 23.5 Å². The van der Waals surface area contributed by atoms with Gasteiger partial charge < -0.3 is 34.7 Å². The van der Waals surface area contributed by atoms with Crippen molar-refractivity contribution in [3.63, 3.8) is 0 Å².